The van der Waals surface area contributed by atoms with E-state index >= 15 is 0 Å². The molecular formula is C19H23NO8S2. The molecule has 1 aromatic carbocycles. The third-order valence-corrected chi connectivity index (χ3v) is 6.14. The molecule has 4 N–H and O–H groups in total. The summed E-state index contributed by atoms with van der Waals surface area (Å²) >= 11 is 6.43. The van der Waals surface area contributed by atoms with Crippen LogP contribution in [0.15, 0.2) is 23.1 Å². The lowest BCUT2D eigenvalue weighted by Gasteiger charge is -2.39. The van der Waals surface area contributed by atoms with E-state index in [-0.39, 0.29) is 11.7 Å². The zero-order valence-electron chi connectivity index (χ0n) is 16.3. The number of rotatable bonds is 6. The van der Waals surface area contributed by atoms with Crippen LogP contribution in [0.4, 0.5) is 0 Å². The molecule has 164 valence electrons. The van der Waals surface area contributed by atoms with Crippen molar-refractivity contribution in [1.82, 2.24) is 4.90 Å². The van der Waals surface area contributed by atoms with E-state index in [4.69, 9.17) is 26.4 Å². The Hall–Kier alpha value is -1.73. The Bertz CT molecular complexity index is 846. The Balaban J connectivity index is 1.81. The number of aliphatic hydroxyl groups is 4. The highest BCUT2D eigenvalue weighted by Crippen LogP contribution is 2.35. The van der Waals surface area contributed by atoms with Crippen molar-refractivity contribution >= 4 is 40.3 Å². The van der Waals surface area contributed by atoms with E-state index in [1.165, 1.54) is 23.8 Å². The molecule has 30 heavy (non-hydrogen) atoms. The Morgan fingerprint density at radius 2 is 1.97 bits per heavy atom. The van der Waals surface area contributed by atoms with Crippen LogP contribution in [0.1, 0.15) is 12.5 Å². The zero-order chi connectivity index (χ0) is 22.0. The van der Waals surface area contributed by atoms with E-state index in [1.807, 2.05) is 6.92 Å². The molecule has 11 heteroatoms. The number of carbonyl (C=O) groups excluding carboxylic acids is 1. The number of nitrogens with zero attached hydrogens (tertiary/aromatic N) is 1. The molecule has 1 amide bonds. The number of carbonyl (C=O) groups is 1. The van der Waals surface area contributed by atoms with Gasteiger partial charge in [-0.2, -0.15) is 0 Å². The van der Waals surface area contributed by atoms with Crippen LogP contribution in [-0.2, 0) is 9.53 Å². The summed E-state index contributed by atoms with van der Waals surface area (Å²) in [5.74, 6) is 0.347. The lowest BCUT2D eigenvalue weighted by molar-refractivity contribution is -0.277. The molecule has 3 rings (SSSR count). The van der Waals surface area contributed by atoms with E-state index in [0.29, 0.717) is 27.1 Å². The molecule has 0 spiro atoms. The minimum atomic E-state index is -1.55. The highest BCUT2D eigenvalue weighted by Gasteiger charge is 2.45. The summed E-state index contributed by atoms with van der Waals surface area (Å²) in [6.07, 6.45) is -5.29. The number of amides is 1. The van der Waals surface area contributed by atoms with Gasteiger partial charge in [-0.25, -0.2) is 0 Å². The highest BCUT2D eigenvalue weighted by atomic mass is 32.2. The van der Waals surface area contributed by atoms with E-state index in [2.05, 4.69) is 0 Å². The van der Waals surface area contributed by atoms with Crippen molar-refractivity contribution in [3.63, 3.8) is 0 Å². The van der Waals surface area contributed by atoms with E-state index in [9.17, 15) is 25.2 Å². The maximum Gasteiger partial charge on any atom is 0.266 e. The topological polar surface area (TPSA) is 129 Å². The second-order valence-corrected chi connectivity index (χ2v) is 8.33. The summed E-state index contributed by atoms with van der Waals surface area (Å²) < 4.78 is 16.8. The average Bonchev–Trinajstić information content (AvgIpc) is 3.01. The fourth-order valence-electron chi connectivity index (χ4n) is 3.09. The molecule has 0 saturated carbocycles. The zero-order valence-corrected chi connectivity index (χ0v) is 17.9. The Morgan fingerprint density at radius 3 is 2.57 bits per heavy atom. The Morgan fingerprint density at radius 1 is 1.23 bits per heavy atom. The molecule has 0 unspecified atom stereocenters. The fourth-order valence-corrected chi connectivity index (χ4v) is 4.47. The SMILES string of the molecule is CCN1C(=O)C(=Cc2ccc(O[C@H]3O[C@H](CO)[C@H](O)[C@H](O)[C@H]3O)c(OC)c2)SC1=S. The molecular weight excluding hydrogens is 434 g/mol. The van der Waals surface area contributed by atoms with E-state index in [1.54, 1.807) is 24.3 Å². The molecule has 2 fully saturated rings. The van der Waals surface area contributed by atoms with Gasteiger partial charge in [0.2, 0.25) is 6.29 Å². The predicted molar refractivity (Wildman–Crippen MR) is 113 cm³/mol. The molecule has 5 atom stereocenters. The Kier molecular flexibility index (Phi) is 7.34. The number of hydrogen-bond acceptors (Lipinski definition) is 10. The number of thiocarbonyl (C=S) groups is 1. The third-order valence-electron chi connectivity index (χ3n) is 4.77. The lowest BCUT2D eigenvalue weighted by Crippen LogP contribution is -2.60. The molecule has 1 aromatic rings. The van der Waals surface area contributed by atoms with Crippen molar-refractivity contribution in [2.75, 3.05) is 20.3 Å². The molecule has 2 saturated heterocycles. The largest absolute Gasteiger partial charge is 0.493 e. The first-order chi connectivity index (χ1) is 14.3. The van der Waals surface area contributed by atoms with Crippen LogP contribution in [0.3, 0.4) is 0 Å². The van der Waals surface area contributed by atoms with Gasteiger partial charge in [0.15, 0.2) is 11.5 Å². The number of methoxy groups -OCH3 is 1. The van der Waals surface area contributed by atoms with E-state index < -0.39 is 37.3 Å². The average molecular weight is 458 g/mol. The van der Waals surface area contributed by atoms with E-state index in [0.717, 1.165) is 0 Å². The van der Waals surface area contributed by atoms with Crippen LogP contribution >= 0.6 is 24.0 Å². The van der Waals surface area contributed by atoms with Gasteiger partial charge in [0.05, 0.1) is 18.6 Å². The van der Waals surface area contributed by atoms with Crippen molar-refractivity contribution in [3.05, 3.63) is 28.7 Å². The van der Waals surface area contributed by atoms with Gasteiger partial charge < -0.3 is 34.6 Å². The van der Waals surface area contributed by atoms with Crippen LogP contribution in [-0.4, -0.2) is 86.5 Å². The molecule has 2 aliphatic rings. The van der Waals surface area contributed by atoms with Crippen LogP contribution in [0.25, 0.3) is 6.08 Å². The van der Waals surface area contributed by atoms with Crippen molar-refractivity contribution in [2.45, 2.75) is 37.6 Å². The number of likely N-dealkylation sites (N-methyl/N-ethyl adjacent to an activating group) is 1. The van der Waals surface area contributed by atoms with Crippen LogP contribution in [0.5, 0.6) is 11.5 Å². The molecule has 2 aliphatic heterocycles. The van der Waals surface area contributed by atoms with Gasteiger partial charge in [0.1, 0.15) is 28.7 Å². The van der Waals surface area contributed by atoms with Crippen molar-refractivity contribution < 1.29 is 39.4 Å². The van der Waals surface area contributed by atoms with Gasteiger partial charge in [0, 0.05) is 6.54 Å². The summed E-state index contributed by atoms with van der Waals surface area (Å²) in [4.78, 5) is 14.4. The number of benzene rings is 1. The van der Waals surface area contributed by atoms with Gasteiger partial charge in [-0.15, -0.1) is 0 Å². The maximum absolute atomic E-state index is 12.4. The maximum atomic E-state index is 12.4. The molecule has 0 radical (unpaired) electrons. The summed E-state index contributed by atoms with van der Waals surface area (Å²) in [6.45, 7) is 1.79. The minimum absolute atomic E-state index is 0.159. The number of thioether (sulfide) groups is 1. The normalized spacial score (nSPS) is 30.8. The first-order valence-electron chi connectivity index (χ1n) is 9.21. The van der Waals surface area contributed by atoms with Gasteiger partial charge in [0.25, 0.3) is 5.91 Å². The summed E-state index contributed by atoms with van der Waals surface area (Å²) in [5.41, 5.74) is 0.671. The summed E-state index contributed by atoms with van der Waals surface area (Å²) in [7, 11) is 1.43. The van der Waals surface area contributed by atoms with Crippen molar-refractivity contribution in [2.24, 2.45) is 0 Å². The Labute approximate surface area is 182 Å². The third kappa shape index (κ3) is 4.47. The van der Waals surface area contributed by atoms with Gasteiger partial charge in [-0.1, -0.05) is 30.0 Å². The smallest absolute Gasteiger partial charge is 0.266 e. The second kappa shape index (κ2) is 9.60. The minimum Gasteiger partial charge on any atom is -0.493 e. The number of hydrogen-bond donors (Lipinski definition) is 4. The summed E-state index contributed by atoms with van der Waals surface area (Å²) in [5, 5.41) is 39.2. The second-order valence-electron chi connectivity index (χ2n) is 6.65. The predicted octanol–water partition coefficient (Wildman–Crippen LogP) is 0.0950. The first-order valence-corrected chi connectivity index (χ1v) is 10.4. The van der Waals surface area contributed by atoms with Crippen molar-refractivity contribution in [1.29, 1.82) is 0 Å². The monoisotopic (exact) mass is 457 g/mol. The van der Waals surface area contributed by atoms with Crippen LogP contribution in [0, 0.1) is 0 Å². The van der Waals surface area contributed by atoms with Crippen molar-refractivity contribution in [3.8, 4) is 11.5 Å². The molecule has 9 nitrogen and oxygen atoms in total. The molecule has 0 bridgehead atoms. The summed E-state index contributed by atoms with van der Waals surface area (Å²) in [6, 6.07) is 4.88. The first kappa shape index (κ1) is 22.9. The molecule has 0 aliphatic carbocycles. The molecule has 2 heterocycles. The number of ether oxygens (including phenoxy) is 3. The number of aliphatic hydroxyl groups excluding tert-OH is 4. The van der Waals surface area contributed by atoms with Gasteiger partial charge in [-0.05, 0) is 30.7 Å². The quantitative estimate of drug-likeness (QED) is 0.345. The highest BCUT2D eigenvalue weighted by molar-refractivity contribution is 8.26. The molecule has 0 aromatic heterocycles. The fraction of sp³-hybridized carbons (Fsp3) is 0.474. The van der Waals surface area contributed by atoms with Crippen LogP contribution < -0.4 is 9.47 Å². The lowest BCUT2D eigenvalue weighted by atomic mass is 9.99. The van der Waals surface area contributed by atoms with Gasteiger partial charge >= 0.3 is 0 Å². The standard InChI is InChI=1S/C19H23NO8S2/c1-3-20-17(25)13(30-19(20)29)7-9-4-5-10(11(6-9)26-2)27-18-16(24)15(23)14(22)12(8-21)28-18/h4-7,12,14-16,18,21-24H,3,8H2,1-2H3/t12-,14+,15+,16-,18+/m1/s1. The van der Waals surface area contributed by atoms with Crippen LogP contribution in [0.2, 0.25) is 0 Å². The van der Waals surface area contributed by atoms with Gasteiger partial charge in [-0.3, -0.25) is 9.69 Å².